The molecular weight excluding hydrogens is 236 g/mol. The fourth-order valence-corrected chi connectivity index (χ4v) is 1.98. The minimum atomic E-state index is -0.449. The zero-order valence-corrected chi connectivity index (χ0v) is 11.1. The van der Waals surface area contributed by atoms with Crippen molar-refractivity contribution in [3.63, 3.8) is 0 Å². The summed E-state index contributed by atoms with van der Waals surface area (Å²) < 4.78 is 5.15. The molecular formula is C12H16N2O2S. The van der Waals surface area contributed by atoms with Gasteiger partial charge < -0.3 is 10.1 Å². The Bertz CT molecular complexity index is 426. The smallest absolute Gasteiger partial charge is 0.320 e. The van der Waals surface area contributed by atoms with Crippen LogP contribution in [0.5, 0.6) is 0 Å². The molecule has 0 aliphatic heterocycles. The number of nitrogens with zero attached hydrogens (tertiary/aromatic N) is 1. The fourth-order valence-electron chi connectivity index (χ4n) is 1.20. The first kappa shape index (κ1) is 13.7. The van der Waals surface area contributed by atoms with Crippen LogP contribution in [0.15, 0.2) is 11.4 Å². The number of nitrogens with one attached hydrogen (secondary N) is 1. The maximum Gasteiger partial charge on any atom is 0.320 e. The Morgan fingerprint density at radius 2 is 2.29 bits per heavy atom. The summed E-state index contributed by atoms with van der Waals surface area (Å²) in [6.45, 7) is 6.26. The van der Waals surface area contributed by atoms with Crippen LogP contribution in [0, 0.1) is 11.3 Å². The molecule has 1 heterocycles. The van der Waals surface area contributed by atoms with Gasteiger partial charge in [0.1, 0.15) is 11.7 Å². The van der Waals surface area contributed by atoms with Gasteiger partial charge in [-0.15, -0.1) is 11.3 Å². The van der Waals surface area contributed by atoms with Crippen molar-refractivity contribution in [3.8, 4) is 6.07 Å². The van der Waals surface area contributed by atoms with Gasteiger partial charge in [0, 0.05) is 16.8 Å². The summed E-state index contributed by atoms with van der Waals surface area (Å²) in [5, 5.41) is 13.4. The van der Waals surface area contributed by atoms with Crippen LogP contribution in [0.4, 0.5) is 0 Å². The van der Waals surface area contributed by atoms with Crippen molar-refractivity contribution in [2.75, 3.05) is 6.54 Å². The van der Waals surface area contributed by atoms with E-state index in [9.17, 15) is 4.79 Å². The third-order valence-electron chi connectivity index (χ3n) is 1.77. The van der Waals surface area contributed by atoms with Gasteiger partial charge in [0.05, 0.1) is 12.1 Å². The number of esters is 1. The molecule has 1 N–H and O–H groups in total. The number of hydrogen-bond acceptors (Lipinski definition) is 5. The topological polar surface area (TPSA) is 62.1 Å². The van der Waals surface area contributed by atoms with Crippen LogP contribution in [0.1, 0.15) is 31.2 Å². The molecule has 0 saturated carbocycles. The highest BCUT2D eigenvalue weighted by molar-refractivity contribution is 7.10. The molecule has 0 amide bonds. The molecule has 0 aromatic carbocycles. The Morgan fingerprint density at radius 3 is 2.82 bits per heavy atom. The number of carbonyl (C=O) groups is 1. The van der Waals surface area contributed by atoms with Crippen LogP contribution < -0.4 is 5.32 Å². The van der Waals surface area contributed by atoms with Gasteiger partial charge in [-0.3, -0.25) is 4.79 Å². The van der Waals surface area contributed by atoms with E-state index in [-0.39, 0.29) is 12.5 Å². The van der Waals surface area contributed by atoms with Crippen molar-refractivity contribution in [2.45, 2.75) is 32.9 Å². The van der Waals surface area contributed by atoms with Crippen LogP contribution in [0.25, 0.3) is 0 Å². The van der Waals surface area contributed by atoms with E-state index in [1.54, 1.807) is 5.38 Å². The highest BCUT2D eigenvalue weighted by Gasteiger charge is 2.15. The number of rotatable bonds is 4. The lowest BCUT2D eigenvalue weighted by molar-refractivity contribution is -0.153. The number of thiophene rings is 1. The molecule has 0 aliphatic rings. The zero-order chi connectivity index (χ0) is 12.9. The molecule has 17 heavy (non-hydrogen) atoms. The molecule has 0 saturated heterocycles. The van der Waals surface area contributed by atoms with E-state index in [2.05, 4.69) is 11.4 Å². The van der Waals surface area contributed by atoms with Gasteiger partial charge in [0.15, 0.2) is 0 Å². The van der Waals surface area contributed by atoms with Crippen LogP contribution in [-0.4, -0.2) is 18.1 Å². The molecule has 5 heteroatoms. The average molecular weight is 252 g/mol. The van der Waals surface area contributed by atoms with Crippen LogP contribution in [0.3, 0.4) is 0 Å². The van der Waals surface area contributed by atoms with E-state index < -0.39 is 5.60 Å². The molecule has 1 aromatic heterocycles. The van der Waals surface area contributed by atoms with E-state index in [0.29, 0.717) is 12.1 Å². The predicted octanol–water partition coefficient (Wildman–Crippen LogP) is 2.05. The minimum absolute atomic E-state index is 0.178. The van der Waals surface area contributed by atoms with Gasteiger partial charge >= 0.3 is 5.97 Å². The Labute approximate surface area is 105 Å². The number of hydrogen-bond donors (Lipinski definition) is 1. The van der Waals surface area contributed by atoms with Crippen LogP contribution in [-0.2, 0) is 16.1 Å². The molecule has 0 bridgehead atoms. The summed E-state index contributed by atoms with van der Waals surface area (Å²) in [6.07, 6.45) is 0. The van der Waals surface area contributed by atoms with Gasteiger partial charge in [0.2, 0.25) is 0 Å². The molecule has 0 aliphatic carbocycles. The zero-order valence-electron chi connectivity index (χ0n) is 10.2. The second kappa shape index (κ2) is 5.80. The highest BCUT2D eigenvalue weighted by Crippen LogP contribution is 2.13. The quantitative estimate of drug-likeness (QED) is 0.833. The van der Waals surface area contributed by atoms with Crippen molar-refractivity contribution in [3.05, 3.63) is 21.9 Å². The van der Waals surface area contributed by atoms with Gasteiger partial charge in [-0.2, -0.15) is 5.26 Å². The van der Waals surface area contributed by atoms with Crippen molar-refractivity contribution < 1.29 is 9.53 Å². The lowest BCUT2D eigenvalue weighted by Crippen LogP contribution is -2.31. The van der Waals surface area contributed by atoms with Crippen molar-refractivity contribution >= 4 is 17.3 Å². The average Bonchev–Trinajstić information content (AvgIpc) is 2.63. The van der Waals surface area contributed by atoms with Gasteiger partial charge in [-0.1, -0.05) is 0 Å². The summed E-state index contributed by atoms with van der Waals surface area (Å²) in [5.74, 6) is -0.269. The van der Waals surface area contributed by atoms with E-state index in [4.69, 9.17) is 10.00 Å². The lowest BCUT2D eigenvalue weighted by atomic mass is 10.2. The second-order valence-electron chi connectivity index (χ2n) is 4.60. The summed E-state index contributed by atoms with van der Waals surface area (Å²) in [6, 6.07) is 3.88. The molecule has 0 fully saturated rings. The van der Waals surface area contributed by atoms with E-state index >= 15 is 0 Å². The molecule has 0 spiro atoms. The number of carbonyl (C=O) groups excluding carboxylic acids is 1. The lowest BCUT2D eigenvalue weighted by Gasteiger charge is -2.19. The highest BCUT2D eigenvalue weighted by atomic mass is 32.1. The molecule has 4 nitrogen and oxygen atoms in total. The van der Waals surface area contributed by atoms with Crippen molar-refractivity contribution in [1.29, 1.82) is 5.26 Å². The fraction of sp³-hybridized carbons (Fsp3) is 0.500. The first-order valence-corrected chi connectivity index (χ1v) is 6.19. The van der Waals surface area contributed by atoms with Gasteiger partial charge in [-0.05, 0) is 26.8 Å². The van der Waals surface area contributed by atoms with Crippen LogP contribution in [0.2, 0.25) is 0 Å². The van der Waals surface area contributed by atoms with E-state index in [0.717, 1.165) is 4.88 Å². The monoisotopic (exact) mass is 252 g/mol. The summed E-state index contributed by atoms with van der Waals surface area (Å²) in [4.78, 5) is 12.4. The van der Waals surface area contributed by atoms with Gasteiger partial charge in [-0.25, -0.2) is 0 Å². The van der Waals surface area contributed by atoms with E-state index in [1.165, 1.54) is 11.3 Å². The second-order valence-corrected chi connectivity index (χ2v) is 5.60. The molecule has 92 valence electrons. The minimum Gasteiger partial charge on any atom is -0.459 e. The first-order valence-electron chi connectivity index (χ1n) is 5.31. The maximum atomic E-state index is 11.4. The third-order valence-corrected chi connectivity index (χ3v) is 2.71. The number of nitriles is 1. The Balaban J connectivity index is 2.29. The summed E-state index contributed by atoms with van der Waals surface area (Å²) in [5.41, 5.74) is 0.208. The third kappa shape index (κ3) is 5.48. The largest absolute Gasteiger partial charge is 0.459 e. The SMILES string of the molecule is CC(C)(C)OC(=O)CNCc1cc(C#N)cs1. The van der Waals surface area contributed by atoms with E-state index in [1.807, 2.05) is 26.8 Å². The Kier molecular flexibility index (Phi) is 4.67. The Morgan fingerprint density at radius 1 is 1.59 bits per heavy atom. The standard InChI is InChI=1S/C12H16N2O2S/c1-12(2,3)16-11(15)7-14-6-10-4-9(5-13)8-17-10/h4,8,14H,6-7H2,1-3H3. The Hall–Kier alpha value is -1.38. The molecule has 0 unspecified atom stereocenters. The van der Waals surface area contributed by atoms with Crippen molar-refractivity contribution in [2.24, 2.45) is 0 Å². The molecule has 0 atom stereocenters. The number of ether oxygens (including phenoxy) is 1. The molecule has 0 radical (unpaired) electrons. The normalized spacial score (nSPS) is 10.9. The van der Waals surface area contributed by atoms with Gasteiger partial charge in [0.25, 0.3) is 0 Å². The van der Waals surface area contributed by atoms with Crippen molar-refractivity contribution in [1.82, 2.24) is 5.32 Å². The first-order chi connectivity index (χ1) is 7.90. The molecule has 1 aromatic rings. The molecule has 1 rings (SSSR count). The maximum absolute atomic E-state index is 11.4. The summed E-state index contributed by atoms with van der Waals surface area (Å²) >= 11 is 1.50. The predicted molar refractivity (Wildman–Crippen MR) is 66.6 cm³/mol. The van der Waals surface area contributed by atoms with Crippen LogP contribution >= 0.6 is 11.3 Å². The summed E-state index contributed by atoms with van der Waals surface area (Å²) in [7, 11) is 0.